The van der Waals surface area contributed by atoms with Crippen molar-refractivity contribution in [1.82, 2.24) is 5.32 Å². The number of anilines is 1. The van der Waals surface area contributed by atoms with E-state index >= 15 is 0 Å². The fourth-order valence-electron chi connectivity index (χ4n) is 2.06. The Morgan fingerprint density at radius 2 is 2.00 bits per heavy atom. The summed E-state index contributed by atoms with van der Waals surface area (Å²) in [6.07, 6.45) is -3.27. The molecule has 0 fully saturated rings. The van der Waals surface area contributed by atoms with E-state index in [1.54, 1.807) is 0 Å². The topological polar surface area (TPSA) is 75.7 Å². The Morgan fingerprint density at radius 1 is 1.32 bits per heavy atom. The number of carbonyl (C=O) groups excluding carboxylic acids is 1. The van der Waals surface area contributed by atoms with E-state index in [4.69, 9.17) is 4.74 Å². The van der Waals surface area contributed by atoms with Gasteiger partial charge in [0.1, 0.15) is 0 Å². The molecule has 1 aromatic carbocycles. The van der Waals surface area contributed by atoms with Crippen molar-refractivity contribution < 1.29 is 31.1 Å². The number of ether oxygens (including phenoxy) is 1. The van der Waals surface area contributed by atoms with Gasteiger partial charge in [0.2, 0.25) is 15.9 Å². The smallest absolute Gasteiger partial charge is 0.385 e. The molecule has 1 amide bonds. The van der Waals surface area contributed by atoms with Crippen molar-refractivity contribution >= 4 is 21.6 Å². The Balaban J connectivity index is 2.82. The minimum Gasteiger partial charge on any atom is -0.385 e. The predicted octanol–water partition coefficient (Wildman–Crippen LogP) is 2.01. The highest BCUT2D eigenvalue weighted by Crippen LogP contribution is 2.32. The van der Waals surface area contributed by atoms with Crippen LogP contribution >= 0.6 is 0 Å². The summed E-state index contributed by atoms with van der Waals surface area (Å²) < 4.78 is 67.8. The number of benzene rings is 1. The minimum absolute atomic E-state index is 0.135. The average Bonchev–Trinajstić information content (AvgIpc) is 2.50. The van der Waals surface area contributed by atoms with Crippen LogP contribution in [0.25, 0.3) is 0 Å². The van der Waals surface area contributed by atoms with Crippen molar-refractivity contribution in [3.63, 3.8) is 0 Å². The summed E-state index contributed by atoms with van der Waals surface area (Å²) >= 11 is 0. The van der Waals surface area contributed by atoms with Crippen molar-refractivity contribution in [1.29, 1.82) is 0 Å². The molecule has 0 unspecified atom stereocenters. The van der Waals surface area contributed by atoms with Gasteiger partial charge in [0, 0.05) is 33.2 Å². The molecule has 0 bridgehead atoms. The lowest BCUT2D eigenvalue weighted by Crippen LogP contribution is -2.35. The van der Waals surface area contributed by atoms with E-state index in [9.17, 15) is 26.4 Å². The Hall–Kier alpha value is -1.81. The van der Waals surface area contributed by atoms with E-state index in [2.05, 4.69) is 5.32 Å². The number of nitrogens with zero attached hydrogens (tertiary/aromatic N) is 1. The SMILES string of the molecule is COCCCNC(=O)CCN(c1cccc(C(F)(F)F)c1)S(C)(=O)=O. The van der Waals surface area contributed by atoms with Crippen molar-refractivity contribution in [2.24, 2.45) is 0 Å². The largest absolute Gasteiger partial charge is 0.416 e. The van der Waals surface area contributed by atoms with Crippen molar-refractivity contribution in [3.05, 3.63) is 29.8 Å². The Morgan fingerprint density at radius 3 is 2.56 bits per heavy atom. The Bertz CT molecular complexity index is 678. The van der Waals surface area contributed by atoms with Crippen LogP contribution in [0.4, 0.5) is 18.9 Å². The van der Waals surface area contributed by atoms with E-state index in [0.29, 0.717) is 19.6 Å². The van der Waals surface area contributed by atoms with E-state index < -0.39 is 27.7 Å². The molecule has 0 atom stereocenters. The third kappa shape index (κ3) is 7.30. The summed E-state index contributed by atoms with van der Waals surface area (Å²) in [7, 11) is -2.31. The van der Waals surface area contributed by atoms with Crippen molar-refractivity contribution in [2.45, 2.75) is 19.0 Å². The molecule has 0 spiro atoms. The monoisotopic (exact) mass is 382 g/mol. The molecule has 10 heteroatoms. The number of nitrogens with one attached hydrogen (secondary N) is 1. The molecule has 1 rings (SSSR count). The van der Waals surface area contributed by atoms with Gasteiger partial charge in [-0.05, 0) is 24.6 Å². The van der Waals surface area contributed by atoms with Crippen LogP contribution in [0.2, 0.25) is 0 Å². The summed E-state index contributed by atoms with van der Waals surface area (Å²) in [4.78, 5) is 11.7. The van der Waals surface area contributed by atoms with Gasteiger partial charge in [0.15, 0.2) is 0 Å². The second-order valence-corrected chi connectivity index (χ2v) is 7.24. The lowest BCUT2D eigenvalue weighted by atomic mass is 10.2. The zero-order valence-corrected chi connectivity index (χ0v) is 14.8. The van der Waals surface area contributed by atoms with Gasteiger partial charge in [-0.15, -0.1) is 0 Å². The summed E-state index contributed by atoms with van der Waals surface area (Å²) in [5.41, 5.74) is -1.09. The zero-order chi connectivity index (χ0) is 19.1. The van der Waals surface area contributed by atoms with Crippen molar-refractivity contribution in [2.75, 3.05) is 37.4 Å². The summed E-state index contributed by atoms with van der Waals surface area (Å²) in [6, 6.07) is 3.98. The molecule has 0 aliphatic carbocycles. The van der Waals surface area contributed by atoms with Gasteiger partial charge in [0.25, 0.3) is 0 Å². The van der Waals surface area contributed by atoms with Crippen LogP contribution in [0.1, 0.15) is 18.4 Å². The van der Waals surface area contributed by atoms with Crippen LogP contribution in [-0.2, 0) is 25.7 Å². The molecule has 25 heavy (non-hydrogen) atoms. The minimum atomic E-state index is -4.59. The fourth-order valence-corrected chi connectivity index (χ4v) is 2.98. The highest BCUT2D eigenvalue weighted by Gasteiger charge is 2.31. The van der Waals surface area contributed by atoms with Gasteiger partial charge in [0.05, 0.1) is 17.5 Å². The van der Waals surface area contributed by atoms with E-state index in [1.165, 1.54) is 13.2 Å². The Labute approximate surface area is 145 Å². The summed E-state index contributed by atoms with van der Waals surface area (Å²) in [5.74, 6) is -0.392. The van der Waals surface area contributed by atoms with E-state index in [1.807, 2.05) is 0 Å². The number of carbonyl (C=O) groups is 1. The number of hydrogen-bond acceptors (Lipinski definition) is 4. The lowest BCUT2D eigenvalue weighted by molar-refractivity contribution is -0.137. The predicted molar refractivity (Wildman–Crippen MR) is 87.8 cm³/mol. The molecule has 1 aromatic rings. The molecule has 142 valence electrons. The fraction of sp³-hybridized carbons (Fsp3) is 0.533. The molecule has 0 heterocycles. The molecule has 0 aliphatic rings. The highest BCUT2D eigenvalue weighted by atomic mass is 32.2. The van der Waals surface area contributed by atoms with Crippen LogP contribution < -0.4 is 9.62 Å². The second kappa shape index (κ2) is 9.04. The Kier molecular flexibility index (Phi) is 7.68. The normalized spacial score (nSPS) is 12.0. The molecular formula is C15H21F3N2O4S. The van der Waals surface area contributed by atoms with Crippen molar-refractivity contribution in [3.8, 4) is 0 Å². The number of sulfonamides is 1. The van der Waals surface area contributed by atoms with Gasteiger partial charge in [-0.3, -0.25) is 9.10 Å². The van der Waals surface area contributed by atoms with Gasteiger partial charge in [-0.25, -0.2) is 8.42 Å². The number of alkyl halides is 3. The maximum absolute atomic E-state index is 12.8. The van der Waals surface area contributed by atoms with Crippen LogP contribution in [0.15, 0.2) is 24.3 Å². The molecule has 0 radical (unpaired) electrons. The number of amides is 1. The third-order valence-corrected chi connectivity index (χ3v) is 4.45. The number of rotatable bonds is 9. The zero-order valence-electron chi connectivity index (χ0n) is 14.0. The van der Waals surface area contributed by atoms with E-state index in [-0.39, 0.29) is 18.7 Å². The maximum atomic E-state index is 12.8. The van der Waals surface area contributed by atoms with Crippen LogP contribution in [0, 0.1) is 0 Å². The van der Waals surface area contributed by atoms with Crippen LogP contribution in [0.5, 0.6) is 0 Å². The second-order valence-electron chi connectivity index (χ2n) is 5.33. The molecule has 6 nitrogen and oxygen atoms in total. The first-order valence-electron chi connectivity index (χ1n) is 7.46. The van der Waals surface area contributed by atoms with Gasteiger partial charge >= 0.3 is 6.18 Å². The first kappa shape index (κ1) is 21.2. The molecule has 0 aliphatic heterocycles. The van der Waals surface area contributed by atoms with Gasteiger partial charge in [-0.1, -0.05) is 6.07 Å². The molecule has 0 saturated carbocycles. The maximum Gasteiger partial charge on any atom is 0.416 e. The standard InChI is InChI=1S/C15H21F3N2O4S/c1-24-10-4-8-19-14(21)7-9-20(25(2,22)23)13-6-3-5-12(11-13)15(16,17)18/h3,5-6,11H,4,7-10H2,1-2H3,(H,19,21). The first-order valence-corrected chi connectivity index (χ1v) is 9.31. The lowest BCUT2D eigenvalue weighted by Gasteiger charge is -2.23. The van der Waals surface area contributed by atoms with E-state index in [0.717, 1.165) is 28.8 Å². The number of halogens is 3. The molecule has 0 saturated heterocycles. The first-order chi connectivity index (χ1) is 11.6. The average molecular weight is 382 g/mol. The van der Waals surface area contributed by atoms with Gasteiger partial charge < -0.3 is 10.1 Å². The molecular weight excluding hydrogens is 361 g/mol. The number of methoxy groups -OCH3 is 1. The van der Waals surface area contributed by atoms with Crippen LogP contribution in [-0.4, -0.2) is 47.4 Å². The number of hydrogen-bond donors (Lipinski definition) is 1. The third-order valence-electron chi connectivity index (χ3n) is 3.25. The highest BCUT2D eigenvalue weighted by molar-refractivity contribution is 7.92. The van der Waals surface area contributed by atoms with Crippen LogP contribution in [0.3, 0.4) is 0 Å². The molecule has 1 N–H and O–H groups in total. The quantitative estimate of drug-likeness (QED) is 0.663. The molecule has 0 aromatic heterocycles. The van der Waals surface area contributed by atoms with Gasteiger partial charge in [-0.2, -0.15) is 13.2 Å². The summed E-state index contributed by atoms with van der Waals surface area (Å²) in [6.45, 7) is 0.589. The summed E-state index contributed by atoms with van der Waals surface area (Å²) in [5, 5.41) is 2.59.